The lowest BCUT2D eigenvalue weighted by molar-refractivity contribution is 0.252. The highest BCUT2D eigenvalue weighted by molar-refractivity contribution is 6.30. The van der Waals surface area contributed by atoms with Gasteiger partial charge in [-0.05, 0) is 42.7 Å². The molecule has 0 spiro atoms. The van der Waals surface area contributed by atoms with Gasteiger partial charge in [-0.15, -0.1) is 0 Å². The molecule has 1 aliphatic carbocycles. The van der Waals surface area contributed by atoms with Crippen LogP contribution in [0.5, 0.6) is 0 Å². The molecule has 1 aromatic carbocycles. The van der Waals surface area contributed by atoms with Gasteiger partial charge in [0.15, 0.2) is 0 Å². The Balaban J connectivity index is 1.98. The second kappa shape index (κ2) is 6.03. The summed E-state index contributed by atoms with van der Waals surface area (Å²) < 4.78 is 13.8. The lowest BCUT2D eigenvalue weighted by atomic mass is 9.78. The van der Waals surface area contributed by atoms with E-state index in [9.17, 15) is 4.39 Å². The number of rotatable bonds is 3. The second-order valence-electron chi connectivity index (χ2n) is 5.60. The first-order valence-corrected chi connectivity index (χ1v) is 7.14. The molecule has 0 saturated heterocycles. The molecule has 1 unspecified atom stereocenters. The Morgan fingerprint density at radius 1 is 1.33 bits per heavy atom. The predicted molar refractivity (Wildman–Crippen MR) is 74.2 cm³/mol. The van der Waals surface area contributed by atoms with Crippen molar-refractivity contribution < 1.29 is 4.39 Å². The minimum Gasteiger partial charge on any atom is -0.327 e. The highest BCUT2D eigenvalue weighted by atomic mass is 35.5. The highest BCUT2D eigenvalue weighted by Gasteiger charge is 2.24. The molecule has 0 aromatic heterocycles. The smallest absolute Gasteiger partial charge is 0.145 e. The minimum atomic E-state index is -0.307. The summed E-state index contributed by atoms with van der Waals surface area (Å²) in [6.07, 6.45) is 5.42. The van der Waals surface area contributed by atoms with Crippen LogP contribution in [0.1, 0.15) is 38.2 Å². The predicted octanol–water partition coefficient (Wildman–Crippen LogP) is 4.18. The number of halogens is 2. The van der Waals surface area contributed by atoms with E-state index >= 15 is 0 Å². The van der Waals surface area contributed by atoms with Crippen molar-refractivity contribution in [1.82, 2.24) is 0 Å². The van der Waals surface area contributed by atoms with E-state index in [-0.39, 0.29) is 16.9 Å². The zero-order valence-corrected chi connectivity index (χ0v) is 11.6. The maximum atomic E-state index is 13.8. The number of hydrogen-bond acceptors (Lipinski definition) is 1. The zero-order chi connectivity index (χ0) is 13.1. The molecule has 3 heteroatoms. The Kier molecular flexibility index (Phi) is 4.63. The van der Waals surface area contributed by atoms with Gasteiger partial charge in [0.05, 0.1) is 5.02 Å². The monoisotopic (exact) mass is 269 g/mol. The van der Waals surface area contributed by atoms with Crippen molar-refractivity contribution >= 4 is 11.6 Å². The average molecular weight is 270 g/mol. The van der Waals surface area contributed by atoms with Crippen molar-refractivity contribution in [2.24, 2.45) is 17.6 Å². The van der Waals surface area contributed by atoms with Crippen molar-refractivity contribution in [2.75, 3.05) is 0 Å². The molecule has 1 aliphatic rings. The topological polar surface area (TPSA) is 26.0 Å². The third-order valence-corrected chi connectivity index (χ3v) is 4.45. The van der Waals surface area contributed by atoms with E-state index in [1.165, 1.54) is 25.7 Å². The van der Waals surface area contributed by atoms with Gasteiger partial charge in [0.25, 0.3) is 0 Å². The normalized spacial score (nSPS) is 26.0. The van der Waals surface area contributed by atoms with Crippen LogP contribution in [0, 0.1) is 17.7 Å². The largest absolute Gasteiger partial charge is 0.327 e. The first kappa shape index (κ1) is 13.8. The van der Waals surface area contributed by atoms with E-state index in [2.05, 4.69) is 6.92 Å². The van der Waals surface area contributed by atoms with Crippen molar-refractivity contribution in [2.45, 2.75) is 45.1 Å². The molecule has 1 nitrogen and oxygen atoms in total. The molecule has 100 valence electrons. The van der Waals surface area contributed by atoms with Crippen LogP contribution in [0.25, 0.3) is 0 Å². The fraction of sp³-hybridized carbons (Fsp3) is 0.600. The molecule has 2 rings (SSSR count). The molecule has 1 fully saturated rings. The minimum absolute atomic E-state index is 0.0467. The lowest BCUT2D eigenvalue weighted by Gasteiger charge is -2.30. The van der Waals surface area contributed by atoms with Crippen molar-refractivity contribution in [3.8, 4) is 0 Å². The van der Waals surface area contributed by atoms with Crippen LogP contribution in [-0.4, -0.2) is 6.04 Å². The summed E-state index contributed by atoms with van der Waals surface area (Å²) >= 11 is 5.79. The Labute approximate surface area is 114 Å². The summed E-state index contributed by atoms with van der Waals surface area (Å²) in [7, 11) is 0. The van der Waals surface area contributed by atoms with Gasteiger partial charge in [-0.2, -0.15) is 0 Å². The second-order valence-corrected chi connectivity index (χ2v) is 6.01. The van der Waals surface area contributed by atoms with Crippen molar-refractivity contribution in [1.29, 1.82) is 0 Å². The number of benzene rings is 1. The van der Waals surface area contributed by atoms with Crippen LogP contribution < -0.4 is 5.73 Å². The van der Waals surface area contributed by atoms with Gasteiger partial charge in [-0.25, -0.2) is 4.39 Å². The third-order valence-electron chi connectivity index (χ3n) is 4.15. The van der Waals surface area contributed by atoms with Crippen LogP contribution in [-0.2, 0) is 6.42 Å². The van der Waals surface area contributed by atoms with E-state index in [1.54, 1.807) is 18.2 Å². The van der Waals surface area contributed by atoms with Gasteiger partial charge < -0.3 is 5.73 Å². The first-order valence-electron chi connectivity index (χ1n) is 6.76. The van der Waals surface area contributed by atoms with Crippen molar-refractivity contribution in [3.63, 3.8) is 0 Å². The average Bonchev–Trinajstić information content (AvgIpc) is 2.36. The molecule has 0 heterocycles. The highest BCUT2D eigenvalue weighted by Crippen LogP contribution is 2.31. The van der Waals surface area contributed by atoms with E-state index < -0.39 is 0 Å². The first-order chi connectivity index (χ1) is 8.58. The van der Waals surface area contributed by atoms with Crippen LogP contribution in [0.2, 0.25) is 5.02 Å². The molecular weight excluding hydrogens is 249 g/mol. The number of hydrogen-bond donors (Lipinski definition) is 1. The van der Waals surface area contributed by atoms with Crippen LogP contribution >= 0.6 is 11.6 Å². The van der Waals surface area contributed by atoms with Crippen molar-refractivity contribution in [3.05, 3.63) is 34.6 Å². The van der Waals surface area contributed by atoms with Gasteiger partial charge in [-0.3, -0.25) is 0 Å². The molecule has 1 aromatic rings. The zero-order valence-electron chi connectivity index (χ0n) is 10.8. The lowest BCUT2D eigenvalue weighted by Crippen LogP contribution is -2.34. The third kappa shape index (κ3) is 3.24. The van der Waals surface area contributed by atoms with Gasteiger partial charge in [-0.1, -0.05) is 43.5 Å². The van der Waals surface area contributed by atoms with Gasteiger partial charge in [0, 0.05) is 6.04 Å². The summed E-state index contributed by atoms with van der Waals surface area (Å²) in [6, 6.07) is 5.20. The van der Waals surface area contributed by atoms with E-state index in [1.807, 2.05) is 0 Å². The molecule has 2 N–H and O–H groups in total. The molecule has 0 amide bonds. The SMILES string of the molecule is CC1CCC(C(N)Cc2cccc(Cl)c2F)CC1. The molecule has 1 atom stereocenters. The van der Waals surface area contributed by atoms with Gasteiger partial charge in [0.1, 0.15) is 5.82 Å². The molecule has 0 aliphatic heterocycles. The summed E-state index contributed by atoms with van der Waals surface area (Å²) in [6.45, 7) is 2.29. The summed E-state index contributed by atoms with van der Waals surface area (Å²) in [5.41, 5.74) is 6.88. The van der Waals surface area contributed by atoms with E-state index in [4.69, 9.17) is 17.3 Å². The standard InChI is InChI=1S/C15H21ClFN/c1-10-5-7-11(8-6-10)14(18)9-12-3-2-4-13(16)15(12)17/h2-4,10-11,14H,5-9,18H2,1H3. The van der Waals surface area contributed by atoms with E-state index in [0.717, 1.165) is 5.92 Å². The Hall–Kier alpha value is -0.600. The quantitative estimate of drug-likeness (QED) is 0.875. The van der Waals surface area contributed by atoms with Crippen LogP contribution in [0.15, 0.2) is 18.2 Å². The summed E-state index contributed by atoms with van der Waals surface area (Å²) in [5.74, 6) is 1.04. The molecule has 0 radical (unpaired) electrons. The number of nitrogens with two attached hydrogens (primary N) is 1. The fourth-order valence-electron chi connectivity index (χ4n) is 2.84. The maximum Gasteiger partial charge on any atom is 0.145 e. The summed E-state index contributed by atoms with van der Waals surface area (Å²) in [5, 5.41) is 0.192. The van der Waals surface area contributed by atoms with Gasteiger partial charge >= 0.3 is 0 Å². The fourth-order valence-corrected chi connectivity index (χ4v) is 3.03. The molecule has 0 bridgehead atoms. The Bertz CT molecular complexity index is 399. The van der Waals surface area contributed by atoms with E-state index in [0.29, 0.717) is 17.9 Å². The Morgan fingerprint density at radius 3 is 2.67 bits per heavy atom. The molecule has 18 heavy (non-hydrogen) atoms. The molecular formula is C15H21ClFN. The maximum absolute atomic E-state index is 13.8. The van der Waals surface area contributed by atoms with Gasteiger partial charge in [0.2, 0.25) is 0 Å². The summed E-state index contributed by atoms with van der Waals surface area (Å²) in [4.78, 5) is 0. The Morgan fingerprint density at radius 2 is 2.00 bits per heavy atom. The van der Waals surface area contributed by atoms with Crippen LogP contribution in [0.4, 0.5) is 4.39 Å². The van der Waals surface area contributed by atoms with Crippen LogP contribution in [0.3, 0.4) is 0 Å². The molecule has 1 saturated carbocycles.